The number of para-hydroxylation sites is 1. The summed E-state index contributed by atoms with van der Waals surface area (Å²) in [6.07, 6.45) is 0.730. The van der Waals surface area contributed by atoms with Crippen LogP contribution in [0.25, 0.3) is 11.0 Å². The summed E-state index contributed by atoms with van der Waals surface area (Å²) in [4.78, 5) is 12.5. The molecule has 1 amide bonds. The number of nitrogens with one attached hydrogen (secondary N) is 2. The highest BCUT2D eigenvalue weighted by Crippen LogP contribution is 2.32. The third kappa shape index (κ3) is 4.49. The zero-order chi connectivity index (χ0) is 22.8. The van der Waals surface area contributed by atoms with Crippen LogP contribution in [0.15, 0.2) is 82.1 Å². The number of amides is 1. The number of anilines is 2. The maximum atomic E-state index is 12.8. The molecule has 0 fully saturated rings. The van der Waals surface area contributed by atoms with Gasteiger partial charge in [0.25, 0.3) is 15.9 Å². The zero-order valence-corrected chi connectivity index (χ0v) is 18.2. The summed E-state index contributed by atoms with van der Waals surface area (Å²) >= 11 is 0. The number of benzene rings is 3. The van der Waals surface area contributed by atoms with Gasteiger partial charge in [-0.15, -0.1) is 0 Å². The molecule has 0 atom stereocenters. The van der Waals surface area contributed by atoms with Crippen molar-refractivity contribution in [2.75, 3.05) is 23.3 Å². The second kappa shape index (κ2) is 8.51. The fraction of sp³-hybridized carbons (Fsp3) is 0.125. The average molecular weight is 464 g/mol. The van der Waals surface area contributed by atoms with Gasteiger partial charge in [-0.25, -0.2) is 8.42 Å². The molecule has 0 saturated heterocycles. The predicted molar refractivity (Wildman–Crippen MR) is 123 cm³/mol. The number of carbonyl (C=O) groups excluding carboxylic acids is 1. The van der Waals surface area contributed by atoms with E-state index in [0.717, 1.165) is 11.8 Å². The van der Waals surface area contributed by atoms with E-state index < -0.39 is 15.9 Å². The van der Waals surface area contributed by atoms with Crippen LogP contribution in [0.4, 0.5) is 11.4 Å². The Bertz CT molecular complexity index is 1390. The lowest BCUT2D eigenvalue weighted by Gasteiger charge is -2.12. The molecular weight excluding hydrogens is 444 g/mol. The molecule has 33 heavy (non-hydrogen) atoms. The molecule has 9 heteroatoms. The molecule has 5 rings (SSSR count). The minimum Gasteiger partial charge on any atom is -0.490 e. The van der Waals surface area contributed by atoms with Gasteiger partial charge in [0.1, 0.15) is 5.58 Å². The van der Waals surface area contributed by atoms with E-state index >= 15 is 0 Å². The Morgan fingerprint density at radius 3 is 2.33 bits per heavy atom. The van der Waals surface area contributed by atoms with Gasteiger partial charge in [-0.3, -0.25) is 9.52 Å². The van der Waals surface area contributed by atoms with Crippen molar-refractivity contribution in [3.63, 3.8) is 0 Å². The predicted octanol–water partition coefficient (Wildman–Crippen LogP) is 4.65. The van der Waals surface area contributed by atoms with Crippen molar-refractivity contribution in [3.8, 4) is 11.5 Å². The van der Waals surface area contributed by atoms with Gasteiger partial charge >= 0.3 is 0 Å². The second-order valence-electron chi connectivity index (χ2n) is 7.44. The van der Waals surface area contributed by atoms with Crippen molar-refractivity contribution in [3.05, 3.63) is 78.6 Å². The molecule has 1 aliphatic heterocycles. The van der Waals surface area contributed by atoms with Gasteiger partial charge < -0.3 is 19.2 Å². The quantitative estimate of drug-likeness (QED) is 0.445. The Morgan fingerprint density at radius 2 is 1.55 bits per heavy atom. The number of hydrogen-bond acceptors (Lipinski definition) is 6. The third-order valence-corrected chi connectivity index (χ3v) is 6.45. The smallest absolute Gasteiger partial charge is 0.291 e. The van der Waals surface area contributed by atoms with Crippen LogP contribution in [0.5, 0.6) is 11.5 Å². The summed E-state index contributed by atoms with van der Waals surface area (Å²) in [5.74, 6) is 0.720. The monoisotopic (exact) mass is 464 g/mol. The molecule has 2 N–H and O–H groups in total. The van der Waals surface area contributed by atoms with Crippen LogP contribution in [-0.2, 0) is 10.0 Å². The van der Waals surface area contributed by atoms with E-state index in [1.807, 2.05) is 18.2 Å². The first kappa shape index (κ1) is 20.9. The van der Waals surface area contributed by atoms with Gasteiger partial charge in [-0.1, -0.05) is 18.2 Å². The number of rotatable bonds is 5. The van der Waals surface area contributed by atoms with Crippen LogP contribution in [0.1, 0.15) is 17.0 Å². The summed E-state index contributed by atoms with van der Waals surface area (Å²) in [6, 6.07) is 19.9. The highest BCUT2D eigenvalue weighted by Gasteiger charge is 2.19. The maximum absolute atomic E-state index is 12.8. The van der Waals surface area contributed by atoms with Crippen LogP contribution in [0, 0.1) is 0 Å². The largest absolute Gasteiger partial charge is 0.490 e. The molecular formula is C24H20N2O6S. The number of sulfonamides is 1. The molecule has 0 aliphatic carbocycles. The molecule has 0 radical (unpaired) electrons. The van der Waals surface area contributed by atoms with E-state index in [0.29, 0.717) is 41.7 Å². The zero-order valence-electron chi connectivity index (χ0n) is 17.4. The number of carbonyl (C=O) groups is 1. The lowest BCUT2D eigenvalue weighted by molar-refractivity contribution is 0.0998. The Balaban J connectivity index is 1.28. The first-order valence-electron chi connectivity index (χ1n) is 10.3. The van der Waals surface area contributed by atoms with E-state index in [1.54, 1.807) is 42.5 Å². The lowest BCUT2D eigenvalue weighted by atomic mass is 10.2. The molecule has 2 heterocycles. The van der Waals surface area contributed by atoms with E-state index in [2.05, 4.69) is 10.0 Å². The van der Waals surface area contributed by atoms with Gasteiger partial charge in [0.05, 0.1) is 18.1 Å². The first-order chi connectivity index (χ1) is 16.0. The molecule has 4 aromatic rings. The van der Waals surface area contributed by atoms with Gasteiger partial charge in [0.15, 0.2) is 17.3 Å². The standard InChI is InChI=1S/C24H20N2O6S/c27-24(23-14-16-4-1-2-5-20(16)32-23)25-17-6-8-18(9-7-17)26-33(28,29)19-10-11-21-22(15-19)31-13-3-12-30-21/h1-2,4-11,14-15,26H,3,12-13H2,(H,25,27). The van der Waals surface area contributed by atoms with E-state index in [-0.39, 0.29) is 10.7 Å². The molecule has 1 aliphatic rings. The Morgan fingerprint density at radius 1 is 0.818 bits per heavy atom. The number of furan rings is 1. The normalized spacial score (nSPS) is 13.3. The second-order valence-corrected chi connectivity index (χ2v) is 9.13. The minimum absolute atomic E-state index is 0.0639. The van der Waals surface area contributed by atoms with Crippen LogP contribution >= 0.6 is 0 Å². The molecule has 168 valence electrons. The van der Waals surface area contributed by atoms with Gasteiger partial charge in [-0.2, -0.15) is 0 Å². The SMILES string of the molecule is O=C(Nc1ccc(NS(=O)(=O)c2ccc3c(c2)OCCCO3)cc1)c1cc2ccccc2o1. The molecule has 8 nitrogen and oxygen atoms in total. The summed E-state index contributed by atoms with van der Waals surface area (Å²) in [6.45, 7) is 0.988. The Labute approximate surface area is 190 Å². The van der Waals surface area contributed by atoms with E-state index in [9.17, 15) is 13.2 Å². The van der Waals surface area contributed by atoms with Crippen molar-refractivity contribution < 1.29 is 27.1 Å². The fourth-order valence-electron chi connectivity index (χ4n) is 3.43. The number of fused-ring (bicyclic) bond motifs is 2. The fourth-order valence-corrected chi connectivity index (χ4v) is 4.51. The van der Waals surface area contributed by atoms with Crippen LogP contribution in [0.3, 0.4) is 0 Å². The molecule has 3 aromatic carbocycles. The van der Waals surface area contributed by atoms with Crippen LogP contribution in [-0.4, -0.2) is 27.5 Å². The topological polar surface area (TPSA) is 107 Å². The van der Waals surface area contributed by atoms with Gasteiger partial charge in [0.2, 0.25) is 0 Å². The molecule has 1 aromatic heterocycles. The highest BCUT2D eigenvalue weighted by atomic mass is 32.2. The summed E-state index contributed by atoms with van der Waals surface area (Å²) in [7, 11) is -3.84. The van der Waals surface area contributed by atoms with Crippen molar-refractivity contribution in [2.45, 2.75) is 11.3 Å². The summed E-state index contributed by atoms with van der Waals surface area (Å²) < 4.78 is 44.9. The van der Waals surface area contributed by atoms with E-state index in [1.165, 1.54) is 12.1 Å². The summed E-state index contributed by atoms with van der Waals surface area (Å²) in [5, 5.41) is 3.58. The lowest BCUT2D eigenvalue weighted by Crippen LogP contribution is -2.14. The number of hydrogen-bond donors (Lipinski definition) is 2. The Kier molecular flexibility index (Phi) is 5.39. The molecule has 0 saturated carbocycles. The maximum Gasteiger partial charge on any atom is 0.291 e. The average Bonchev–Trinajstić information content (AvgIpc) is 3.11. The van der Waals surface area contributed by atoms with E-state index in [4.69, 9.17) is 13.9 Å². The van der Waals surface area contributed by atoms with Crippen molar-refractivity contribution >= 4 is 38.3 Å². The van der Waals surface area contributed by atoms with Crippen molar-refractivity contribution in [1.29, 1.82) is 0 Å². The summed E-state index contributed by atoms with van der Waals surface area (Å²) in [5.41, 5.74) is 1.48. The molecule has 0 unspecified atom stereocenters. The Hall–Kier alpha value is -3.98. The third-order valence-electron chi connectivity index (χ3n) is 5.07. The van der Waals surface area contributed by atoms with Crippen molar-refractivity contribution in [1.82, 2.24) is 0 Å². The highest BCUT2D eigenvalue weighted by molar-refractivity contribution is 7.92. The minimum atomic E-state index is -3.84. The first-order valence-corrected chi connectivity index (χ1v) is 11.8. The molecule has 0 bridgehead atoms. The number of ether oxygens (including phenoxy) is 2. The van der Waals surface area contributed by atoms with Crippen molar-refractivity contribution in [2.24, 2.45) is 0 Å². The van der Waals surface area contributed by atoms with Crippen LogP contribution < -0.4 is 19.5 Å². The van der Waals surface area contributed by atoms with Gasteiger partial charge in [0, 0.05) is 29.2 Å². The van der Waals surface area contributed by atoms with Crippen LogP contribution in [0.2, 0.25) is 0 Å². The van der Waals surface area contributed by atoms with Gasteiger partial charge in [-0.05, 0) is 48.5 Å². The molecule has 0 spiro atoms.